The molecule has 2 aromatic heterocycles. The molecule has 2 bridgehead atoms. The molecule has 4 aromatic rings. The predicted octanol–water partition coefficient (Wildman–Crippen LogP) is 4.09. The number of hydrogen-bond donors (Lipinski definition) is 2. The van der Waals surface area contributed by atoms with Crippen LogP contribution >= 0.6 is 0 Å². The second kappa shape index (κ2) is 10.00. The van der Waals surface area contributed by atoms with E-state index in [9.17, 15) is 20.0 Å². The number of carboxylic acids is 1. The molecular weight excluding hydrogens is 518 g/mol. The summed E-state index contributed by atoms with van der Waals surface area (Å²) < 4.78 is 1.42. The normalized spacial score (nSPS) is 18.2. The molecular formula is C31H27N7O3. The van der Waals surface area contributed by atoms with Crippen molar-refractivity contribution in [2.45, 2.75) is 38.4 Å². The highest BCUT2D eigenvalue weighted by molar-refractivity contribution is 5.94. The van der Waals surface area contributed by atoms with Gasteiger partial charge >= 0.3 is 5.97 Å². The summed E-state index contributed by atoms with van der Waals surface area (Å²) in [7, 11) is 0. The van der Waals surface area contributed by atoms with Crippen LogP contribution in [0, 0.1) is 29.6 Å². The summed E-state index contributed by atoms with van der Waals surface area (Å²) >= 11 is 0. The van der Waals surface area contributed by atoms with Gasteiger partial charge in [-0.05, 0) is 68.3 Å². The van der Waals surface area contributed by atoms with Crippen LogP contribution in [0.2, 0.25) is 0 Å². The molecule has 41 heavy (non-hydrogen) atoms. The van der Waals surface area contributed by atoms with Crippen molar-refractivity contribution in [3.8, 4) is 12.1 Å². The lowest BCUT2D eigenvalue weighted by molar-refractivity contribution is 0.0698. The number of anilines is 3. The topological polar surface area (TPSA) is 138 Å². The first kappa shape index (κ1) is 25.9. The third kappa shape index (κ3) is 4.40. The summed E-state index contributed by atoms with van der Waals surface area (Å²) in [5.41, 5.74) is 3.80. The van der Waals surface area contributed by atoms with Crippen molar-refractivity contribution in [3.63, 3.8) is 0 Å². The lowest BCUT2D eigenvalue weighted by atomic mass is 10.1. The van der Waals surface area contributed by atoms with Crippen LogP contribution < -0.4 is 20.7 Å². The quantitative estimate of drug-likeness (QED) is 0.367. The lowest BCUT2D eigenvalue weighted by Crippen LogP contribution is -2.47. The molecule has 2 aromatic carbocycles. The fourth-order valence-corrected chi connectivity index (χ4v) is 6.10. The molecule has 1 unspecified atom stereocenters. The Kier molecular flexibility index (Phi) is 6.32. The van der Waals surface area contributed by atoms with Crippen LogP contribution in [-0.4, -0.2) is 45.6 Å². The van der Waals surface area contributed by atoms with Crippen molar-refractivity contribution in [1.29, 1.82) is 10.5 Å². The SMILES string of the molecule is Cc1cc(C(C)Nc2ccccc2C(=O)O)c2nc(N3C[C@@H]4C[C@H]3CN4c3ccc(C#N)cc3)c(C#N)c(=O)n2c1. The van der Waals surface area contributed by atoms with Gasteiger partial charge < -0.3 is 20.2 Å². The van der Waals surface area contributed by atoms with E-state index in [1.807, 2.05) is 44.2 Å². The fraction of sp³-hybridized carbons (Fsp3) is 0.258. The number of nitriles is 2. The molecule has 6 rings (SSSR count). The van der Waals surface area contributed by atoms with Gasteiger partial charge in [0.2, 0.25) is 0 Å². The first-order chi connectivity index (χ1) is 19.8. The van der Waals surface area contributed by atoms with Gasteiger partial charge in [-0.1, -0.05) is 12.1 Å². The lowest BCUT2D eigenvalue weighted by Gasteiger charge is -2.36. The second-order valence-electron chi connectivity index (χ2n) is 10.6. The minimum atomic E-state index is -1.04. The van der Waals surface area contributed by atoms with Crippen molar-refractivity contribution in [3.05, 3.63) is 99.0 Å². The number of para-hydroxylation sites is 1. The van der Waals surface area contributed by atoms with Gasteiger partial charge in [-0.15, -0.1) is 0 Å². The summed E-state index contributed by atoms with van der Waals surface area (Å²) in [5.74, 6) is -0.656. The number of aromatic carboxylic acids is 1. The van der Waals surface area contributed by atoms with Gasteiger partial charge in [-0.25, -0.2) is 9.78 Å². The number of fused-ring (bicyclic) bond motifs is 3. The van der Waals surface area contributed by atoms with Gasteiger partial charge in [0.15, 0.2) is 11.4 Å². The van der Waals surface area contributed by atoms with Crippen molar-refractivity contribution in [2.24, 2.45) is 0 Å². The van der Waals surface area contributed by atoms with E-state index >= 15 is 0 Å². The molecule has 10 heteroatoms. The molecule has 4 heterocycles. The highest BCUT2D eigenvalue weighted by Gasteiger charge is 2.45. The molecule has 2 aliphatic heterocycles. The summed E-state index contributed by atoms with van der Waals surface area (Å²) in [5, 5.41) is 32.1. The smallest absolute Gasteiger partial charge is 0.337 e. The van der Waals surface area contributed by atoms with Crippen LogP contribution in [0.1, 0.15) is 52.0 Å². The van der Waals surface area contributed by atoms with E-state index in [0.717, 1.165) is 23.2 Å². The number of piperazine rings is 1. The minimum absolute atomic E-state index is 0.00774. The monoisotopic (exact) mass is 545 g/mol. The second-order valence-corrected chi connectivity index (χ2v) is 10.6. The maximum absolute atomic E-state index is 13.7. The average molecular weight is 546 g/mol. The molecule has 0 saturated carbocycles. The Morgan fingerprint density at radius 1 is 1.07 bits per heavy atom. The van der Waals surface area contributed by atoms with Gasteiger partial charge in [0, 0.05) is 42.3 Å². The highest BCUT2D eigenvalue weighted by Crippen LogP contribution is 2.38. The van der Waals surface area contributed by atoms with Crippen LogP contribution in [0.3, 0.4) is 0 Å². The molecule has 204 valence electrons. The van der Waals surface area contributed by atoms with Gasteiger partial charge in [0.25, 0.3) is 5.56 Å². The van der Waals surface area contributed by atoms with E-state index in [2.05, 4.69) is 27.3 Å². The molecule has 0 aliphatic carbocycles. The van der Waals surface area contributed by atoms with Crippen LogP contribution in [0.5, 0.6) is 0 Å². The molecule has 0 spiro atoms. The maximum atomic E-state index is 13.7. The number of pyridine rings is 1. The molecule has 10 nitrogen and oxygen atoms in total. The Morgan fingerprint density at radius 2 is 1.78 bits per heavy atom. The number of nitrogens with zero attached hydrogens (tertiary/aromatic N) is 6. The minimum Gasteiger partial charge on any atom is -0.478 e. The third-order valence-corrected chi connectivity index (χ3v) is 8.02. The summed E-state index contributed by atoms with van der Waals surface area (Å²) in [6.45, 7) is 5.09. The van der Waals surface area contributed by atoms with Crippen LogP contribution in [0.4, 0.5) is 17.2 Å². The Hall–Kier alpha value is -5.35. The maximum Gasteiger partial charge on any atom is 0.337 e. The first-order valence-electron chi connectivity index (χ1n) is 13.4. The number of nitrogens with one attached hydrogen (secondary N) is 1. The summed E-state index contributed by atoms with van der Waals surface area (Å²) in [6, 6.07) is 20.3. The number of carboxylic acid groups (broad SMARTS) is 1. The van der Waals surface area contributed by atoms with Gasteiger partial charge in [-0.2, -0.15) is 10.5 Å². The van der Waals surface area contributed by atoms with Crippen LogP contribution in [0.25, 0.3) is 5.65 Å². The van der Waals surface area contributed by atoms with E-state index in [0.29, 0.717) is 35.8 Å². The van der Waals surface area contributed by atoms with Crippen molar-refractivity contribution >= 4 is 28.8 Å². The summed E-state index contributed by atoms with van der Waals surface area (Å²) in [4.78, 5) is 34.8. The predicted molar refractivity (Wildman–Crippen MR) is 154 cm³/mol. The molecule has 2 fully saturated rings. The highest BCUT2D eigenvalue weighted by atomic mass is 16.4. The van der Waals surface area contributed by atoms with E-state index < -0.39 is 11.5 Å². The summed E-state index contributed by atoms with van der Waals surface area (Å²) in [6.07, 6.45) is 2.55. The van der Waals surface area contributed by atoms with Crippen molar-refractivity contribution in [1.82, 2.24) is 9.38 Å². The zero-order valence-corrected chi connectivity index (χ0v) is 22.6. The fourth-order valence-electron chi connectivity index (χ4n) is 6.10. The number of hydrogen-bond acceptors (Lipinski definition) is 8. The molecule has 2 N–H and O–H groups in total. The third-order valence-electron chi connectivity index (χ3n) is 8.02. The van der Waals surface area contributed by atoms with E-state index in [1.165, 1.54) is 10.5 Å². The van der Waals surface area contributed by atoms with E-state index in [-0.39, 0.29) is 29.3 Å². The molecule has 3 atom stereocenters. The molecule has 0 radical (unpaired) electrons. The number of aromatic nitrogens is 2. The van der Waals surface area contributed by atoms with E-state index in [4.69, 9.17) is 10.2 Å². The van der Waals surface area contributed by atoms with Gasteiger partial charge in [0.1, 0.15) is 11.7 Å². The zero-order valence-electron chi connectivity index (χ0n) is 22.6. The number of carbonyl (C=O) groups is 1. The molecule has 2 saturated heterocycles. The Bertz CT molecular complexity index is 1830. The Balaban J connectivity index is 1.38. The number of rotatable bonds is 6. The first-order valence-corrected chi connectivity index (χ1v) is 13.4. The van der Waals surface area contributed by atoms with Crippen molar-refractivity contribution < 1.29 is 9.90 Å². The largest absolute Gasteiger partial charge is 0.478 e. The Morgan fingerprint density at radius 3 is 2.44 bits per heavy atom. The standard InChI is InChI=1S/C31H27N7O3/c1-18-11-25(19(2)34-27-6-4-3-5-24(27)31(40)41)28-35-29(26(14-33)30(39)38(28)15-18)37-17-22-12-23(37)16-36(22)21-9-7-20(13-32)8-10-21/h3-11,15,19,22-23,34H,12,16-17H2,1-2H3,(H,40,41)/t19?,22-,23-/m0/s1. The van der Waals surface area contributed by atoms with E-state index in [1.54, 1.807) is 24.4 Å². The molecule has 2 aliphatic rings. The van der Waals surface area contributed by atoms with Crippen LogP contribution in [-0.2, 0) is 0 Å². The van der Waals surface area contributed by atoms with Gasteiger partial charge in [-0.3, -0.25) is 9.20 Å². The average Bonchev–Trinajstić information content (AvgIpc) is 3.59. The zero-order chi connectivity index (χ0) is 28.8. The van der Waals surface area contributed by atoms with Gasteiger partial charge in [0.05, 0.1) is 29.3 Å². The van der Waals surface area contributed by atoms with Crippen molar-refractivity contribution in [2.75, 3.05) is 28.2 Å². The van der Waals surface area contributed by atoms with Crippen LogP contribution in [0.15, 0.2) is 65.6 Å². The Labute approximate surface area is 236 Å². The number of aryl methyl sites for hydroxylation is 1. The molecule has 0 amide bonds. The number of benzene rings is 2.